The molecule has 0 radical (unpaired) electrons. The Balaban J connectivity index is 3.48. The summed E-state index contributed by atoms with van der Waals surface area (Å²) >= 11 is 0. The van der Waals surface area contributed by atoms with Gasteiger partial charge in [0.15, 0.2) is 0 Å². The summed E-state index contributed by atoms with van der Waals surface area (Å²) in [5, 5.41) is 0. The summed E-state index contributed by atoms with van der Waals surface area (Å²) in [6, 6.07) is 1.05. The van der Waals surface area contributed by atoms with Crippen LogP contribution in [0, 0.1) is 11.8 Å². The number of aldehydes is 1. The first-order valence-electron chi connectivity index (χ1n) is 3.95. The normalized spacial score (nSPS) is 10.1. The van der Waals surface area contributed by atoms with E-state index in [0.717, 1.165) is 18.8 Å². The van der Waals surface area contributed by atoms with Gasteiger partial charge in [-0.05, 0) is 0 Å². The molecule has 0 aromatic rings. The molecule has 0 aromatic heterocycles. The first-order chi connectivity index (χ1) is 5.06. The summed E-state index contributed by atoms with van der Waals surface area (Å²) < 4.78 is 0. The van der Waals surface area contributed by atoms with Gasteiger partial charge in [0, 0.05) is 18.9 Å². The fraction of sp³-hybridized carbons (Fsp3) is 0.667. The lowest BCUT2D eigenvalue weighted by Gasteiger charge is -2.09. The van der Waals surface area contributed by atoms with E-state index in [1.54, 1.807) is 0 Å². The van der Waals surface area contributed by atoms with E-state index in [0.29, 0.717) is 6.42 Å². The van der Waals surface area contributed by atoms with Crippen LogP contribution in [0.25, 0.3) is 0 Å². The lowest BCUT2D eigenvalue weighted by Crippen LogP contribution is -2.17. The second-order valence-corrected chi connectivity index (χ2v) is 9.27. The van der Waals surface area contributed by atoms with Gasteiger partial charge in [-0.1, -0.05) is 19.6 Å². The predicted octanol–water partition coefficient (Wildman–Crippen LogP) is 2.31. The molecule has 62 valence electrons. The minimum absolute atomic E-state index is 0.582. The number of carbonyl (C=O) groups is 1. The Hall–Kier alpha value is -0.553. The van der Waals surface area contributed by atoms with Gasteiger partial charge in [0.25, 0.3) is 0 Å². The van der Waals surface area contributed by atoms with Gasteiger partial charge >= 0.3 is 0 Å². The lowest BCUT2D eigenvalue weighted by atomic mass is 10.3. The third kappa shape index (κ3) is 9.45. The van der Waals surface area contributed by atoms with Crippen molar-refractivity contribution in [1.82, 2.24) is 0 Å². The van der Waals surface area contributed by atoms with Crippen molar-refractivity contribution in [2.75, 3.05) is 0 Å². The van der Waals surface area contributed by atoms with Crippen molar-refractivity contribution >= 4 is 14.4 Å². The van der Waals surface area contributed by atoms with Gasteiger partial charge in [-0.3, -0.25) is 0 Å². The molecule has 1 nitrogen and oxygen atoms in total. The molecule has 0 aliphatic rings. The number of unbranched alkanes of at least 4 members (excludes halogenated alkanes) is 1. The molecule has 0 saturated carbocycles. The lowest BCUT2D eigenvalue weighted by molar-refractivity contribution is -0.107. The van der Waals surface area contributed by atoms with Crippen molar-refractivity contribution in [2.45, 2.75) is 38.5 Å². The summed E-state index contributed by atoms with van der Waals surface area (Å²) in [6.07, 6.45) is 2.23. The van der Waals surface area contributed by atoms with E-state index in [2.05, 4.69) is 31.5 Å². The largest absolute Gasteiger partial charge is 0.303 e. The van der Waals surface area contributed by atoms with Crippen LogP contribution in [0.4, 0.5) is 0 Å². The maximum absolute atomic E-state index is 9.91. The van der Waals surface area contributed by atoms with Crippen molar-refractivity contribution in [2.24, 2.45) is 0 Å². The number of carbonyl (C=O) groups excluding carboxylic acids is 1. The van der Waals surface area contributed by atoms with Crippen molar-refractivity contribution in [1.29, 1.82) is 0 Å². The fourth-order valence-electron chi connectivity index (χ4n) is 0.547. The van der Waals surface area contributed by atoms with Gasteiger partial charge in [0.1, 0.15) is 6.29 Å². The Bertz CT molecular complexity index is 168. The third-order valence-corrected chi connectivity index (χ3v) is 2.37. The minimum Gasteiger partial charge on any atom is -0.303 e. The van der Waals surface area contributed by atoms with Crippen LogP contribution in [0.5, 0.6) is 0 Å². The van der Waals surface area contributed by atoms with Crippen molar-refractivity contribution < 1.29 is 4.79 Å². The summed E-state index contributed by atoms with van der Waals surface area (Å²) in [5.41, 5.74) is 0. The van der Waals surface area contributed by atoms with Crippen LogP contribution in [0.2, 0.25) is 25.7 Å². The monoisotopic (exact) mass is 168 g/mol. The molecule has 0 amide bonds. The molecule has 0 atom stereocenters. The molecular formula is C9H16OSi. The van der Waals surface area contributed by atoms with Gasteiger partial charge in [-0.2, -0.15) is 0 Å². The number of hydrogen-bond donors (Lipinski definition) is 0. The van der Waals surface area contributed by atoms with Crippen LogP contribution < -0.4 is 0 Å². The van der Waals surface area contributed by atoms with E-state index in [1.165, 1.54) is 0 Å². The highest BCUT2D eigenvalue weighted by Gasteiger charge is 2.09. The standard InChI is InChI=1S/C9H16OSi/c1-11(2,3)9-7-5-4-6-8-10/h8H,4,6,9H2,1-3H3. The molecule has 0 aliphatic carbocycles. The molecule has 0 spiro atoms. The average Bonchev–Trinajstić information content (AvgIpc) is 1.85. The SMILES string of the molecule is C[Si](C)(C)CC#CCCC=O. The smallest absolute Gasteiger partial charge is 0.120 e. The second kappa shape index (κ2) is 5.14. The molecule has 0 fully saturated rings. The fourth-order valence-corrected chi connectivity index (χ4v) is 1.20. The molecule has 0 rings (SSSR count). The molecular weight excluding hydrogens is 152 g/mol. The van der Waals surface area contributed by atoms with Gasteiger partial charge in [-0.25, -0.2) is 0 Å². The van der Waals surface area contributed by atoms with Gasteiger partial charge < -0.3 is 4.79 Å². The Morgan fingerprint density at radius 3 is 2.36 bits per heavy atom. The van der Waals surface area contributed by atoms with E-state index in [4.69, 9.17) is 0 Å². The molecule has 2 heteroatoms. The first-order valence-corrected chi connectivity index (χ1v) is 7.66. The predicted molar refractivity (Wildman–Crippen MR) is 51.2 cm³/mol. The number of rotatable bonds is 3. The molecule has 0 saturated heterocycles. The molecule has 0 bridgehead atoms. The van der Waals surface area contributed by atoms with Gasteiger partial charge in [0.2, 0.25) is 0 Å². The minimum atomic E-state index is -0.979. The van der Waals surface area contributed by atoms with E-state index in [-0.39, 0.29) is 0 Å². The van der Waals surface area contributed by atoms with E-state index in [9.17, 15) is 4.79 Å². The van der Waals surface area contributed by atoms with Crippen LogP contribution in [-0.2, 0) is 4.79 Å². The topological polar surface area (TPSA) is 17.1 Å². The summed E-state index contributed by atoms with van der Waals surface area (Å²) in [5.74, 6) is 6.11. The molecule has 0 unspecified atom stereocenters. The molecule has 0 N–H and O–H groups in total. The summed E-state index contributed by atoms with van der Waals surface area (Å²) in [6.45, 7) is 6.88. The summed E-state index contributed by atoms with van der Waals surface area (Å²) in [4.78, 5) is 9.91. The summed E-state index contributed by atoms with van der Waals surface area (Å²) in [7, 11) is -0.979. The van der Waals surface area contributed by atoms with Crippen LogP contribution in [0.15, 0.2) is 0 Å². The zero-order valence-electron chi connectivity index (χ0n) is 7.61. The molecule has 11 heavy (non-hydrogen) atoms. The molecule has 0 heterocycles. The Kier molecular flexibility index (Phi) is 4.89. The quantitative estimate of drug-likeness (QED) is 0.273. The second-order valence-electron chi connectivity index (χ2n) is 3.80. The Morgan fingerprint density at radius 1 is 1.27 bits per heavy atom. The van der Waals surface area contributed by atoms with Crippen LogP contribution in [0.1, 0.15) is 12.8 Å². The van der Waals surface area contributed by atoms with Crippen LogP contribution in [0.3, 0.4) is 0 Å². The highest BCUT2D eigenvalue weighted by Crippen LogP contribution is 2.05. The maximum atomic E-state index is 9.91. The Morgan fingerprint density at radius 2 is 1.91 bits per heavy atom. The molecule has 0 aromatic carbocycles. The Labute approximate surface area is 70.2 Å². The van der Waals surface area contributed by atoms with Crippen LogP contribution in [-0.4, -0.2) is 14.4 Å². The van der Waals surface area contributed by atoms with E-state index < -0.39 is 8.07 Å². The zero-order chi connectivity index (χ0) is 8.74. The highest BCUT2D eigenvalue weighted by molar-refractivity contribution is 6.76. The highest BCUT2D eigenvalue weighted by atomic mass is 28.3. The van der Waals surface area contributed by atoms with Gasteiger partial charge in [-0.15, -0.1) is 11.8 Å². The number of hydrogen-bond acceptors (Lipinski definition) is 1. The van der Waals surface area contributed by atoms with Gasteiger partial charge in [0.05, 0.1) is 8.07 Å². The maximum Gasteiger partial charge on any atom is 0.120 e. The van der Waals surface area contributed by atoms with E-state index >= 15 is 0 Å². The van der Waals surface area contributed by atoms with E-state index in [1.807, 2.05) is 0 Å². The van der Waals surface area contributed by atoms with Crippen molar-refractivity contribution in [3.05, 3.63) is 0 Å². The van der Waals surface area contributed by atoms with Crippen LogP contribution >= 0.6 is 0 Å². The first kappa shape index (κ1) is 10.4. The average molecular weight is 168 g/mol. The van der Waals surface area contributed by atoms with Crippen molar-refractivity contribution in [3.8, 4) is 11.8 Å². The van der Waals surface area contributed by atoms with Crippen molar-refractivity contribution in [3.63, 3.8) is 0 Å². The zero-order valence-corrected chi connectivity index (χ0v) is 8.61. The third-order valence-electron chi connectivity index (χ3n) is 1.13. The molecule has 0 aliphatic heterocycles.